The molecule has 1 aromatic carbocycles. The first-order valence-electron chi connectivity index (χ1n) is 3.89. The number of benzene rings is 1. The van der Waals surface area contributed by atoms with E-state index in [2.05, 4.69) is 6.92 Å². The molecule has 0 atom stereocenters. The number of halogens is 1. The SMILES string of the molecule is CCC=Cc1ccc(O)c(Cl)c1. The van der Waals surface area contributed by atoms with Gasteiger partial charge in [-0.2, -0.15) is 0 Å². The van der Waals surface area contributed by atoms with Crippen molar-refractivity contribution >= 4 is 17.7 Å². The summed E-state index contributed by atoms with van der Waals surface area (Å²) in [5, 5.41) is 9.51. The van der Waals surface area contributed by atoms with Crippen LogP contribution >= 0.6 is 11.6 Å². The molecule has 0 aliphatic heterocycles. The molecule has 0 aromatic heterocycles. The van der Waals surface area contributed by atoms with E-state index in [1.54, 1.807) is 12.1 Å². The van der Waals surface area contributed by atoms with Crippen molar-refractivity contribution in [3.05, 3.63) is 34.9 Å². The Hall–Kier alpha value is -0.950. The monoisotopic (exact) mass is 182 g/mol. The van der Waals surface area contributed by atoms with Crippen LogP contribution in [0.4, 0.5) is 0 Å². The Morgan fingerprint density at radius 1 is 1.50 bits per heavy atom. The van der Waals surface area contributed by atoms with E-state index in [-0.39, 0.29) is 5.75 Å². The maximum atomic E-state index is 9.11. The Balaban J connectivity index is 2.89. The number of hydrogen-bond donors (Lipinski definition) is 1. The quantitative estimate of drug-likeness (QED) is 0.743. The van der Waals surface area contributed by atoms with Crippen LogP contribution in [0.1, 0.15) is 18.9 Å². The van der Waals surface area contributed by atoms with Gasteiger partial charge < -0.3 is 5.11 Å². The smallest absolute Gasteiger partial charge is 0.134 e. The second-order valence-electron chi connectivity index (χ2n) is 2.52. The molecule has 0 aliphatic carbocycles. The van der Waals surface area contributed by atoms with E-state index in [0.29, 0.717) is 5.02 Å². The molecule has 12 heavy (non-hydrogen) atoms. The number of phenolic OH excluding ortho intramolecular Hbond substituents is 1. The zero-order valence-corrected chi connectivity index (χ0v) is 7.67. The molecule has 0 aliphatic rings. The fraction of sp³-hybridized carbons (Fsp3) is 0.200. The van der Waals surface area contributed by atoms with E-state index in [4.69, 9.17) is 16.7 Å². The van der Waals surface area contributed by atoms with Gasteiger partial charge in [0.05, 0.1) is 5.02 Å². The van der Waals surface area contributed by atoms with Gasteiger partial charge in [0.15, 0.2) is 0 Å². The summed E-state index contributed by atoms with van der Waals surface area (Å²) in [5.41, 5.74) is 1.01. The van der Waals surface area contributed by atoms with Gasteiger partial charge in [-0.15, -0.1) is 0 Å². The maximum Gasteiger partial charge on any atom is 0.134 e. The van der Waals surface area contributed by atoms with Crippen LogP contribution in [-0.2, 0) is 0 Å². The molecule has 0 unspecified atom stereocenters. The number of phenols is 1. The largest absolute Gasteiger partial charge is 0.506 e. The standard InChI is InChI=1S/C10H11ClO/c1-2-3-4-8-5-6-10(12)9(11)7-8/h3-7,12H,2H2,1H3. The molecule has 0 saturated heterocycles. The second kappa shape index (κ2) is 4.17. The average molecular weight is 183 g/mol. The Bertz CT molecular complexity index is 292. The molecule has 64 valence electrons. The molecule has 0 amide bonds. The second-order valence-corrected chi connectivity index (χ2v) is 2.93. The van der Waals surface area contributed by atoms with Gasteiger partial charge >= 0.3 is 0 Å². The van der Waals surface area contributed by atoms with Crippen LogP contribution in [0, 0.1) is 0 Å². The van der Waals surface area contributed by atoms with Crippen LogP contribution in [0.5, 0.6) is 5.75 Å². The third-order valence-corrected chi connectivity index (χ3v) is 1.82. The molecule has 1 N–H and O–H groups in total. The van der Waals surface area contributed by atoms with Crippen molar-refractivity contribution in [2.45, 2.75) is 13.3 Å². The predicted octanol–water partition coefficient (Wildman–Crippen LogP) is 3.47. The van der Waals surface area contributed by atoms with Crippen molar-refractivity contribution in [1.29, 1.82) is 0 Å². The summed E-state index contributed by atoms with van der Waals surface area (Å²) in [7, 11) is 0. The Kier molecular flexibility index (Phi) is 3.18. The van der Waals surface area contributed by atoms with E-state index in [0.717, 1.165) is 12.0 Å². The molecule has 0 saturated carbocycles. The van der Waals surface area contributed by atoms with Crippen molar-refractivity contribution in [3.63, 3.8) is 0 Å². The first-order valence-corrected chi connectivity index (χ1v) is 4.27. The number of allylic oxidation sites excluding steroid dienone is 1. The summed E-state index contributed by atoms with van der Waals surface area (Å²) >= 11 is 5.71. The predicted molar refractivity (Wildman–Crippen MR) is 52.4 cm³/mol. The topological polar surface area (TPSA) is 20.2 Å². The van der Waals surface area contributed by atoms with Gasteiger partial charge in [-0.05, 0) is 24.1 Å². The van der Waals surface area contributed by atoms with Gasteiger partial charge in [0, 0.05) is 0 Å². The summed E-state index contributed by atoms with van der Waals surface area (Å²) in [5.74, 6) is 0.130. The van der Waals surface area contributed by atoms with Crippen molar-refractivity contribution in [2.24, 2.45) is 0 Å². The van der Waals surface area contributed by atoms with Gasteiger partial charge in [-0.3, -0.25) is 0 Å². The van der Waals surface area contributed by atoms with Gasteiger partial charge in [-0.1, -0.05) is 36.7 Å². The first-order chi connectivity index (χ1) is 5.74. The summed E-state index contributed by atoms with van der Waals surface area (Å²) < 4.78 is 0. The van der Waals surface area contributed by atoms with Gasteiger partial charge in [0.25, 0.3) is 0 Å². The summed E-state index contributed by atoms with van der Waals surface area (Å²) in [6.45, 7) is 2.07. The van der Waals surface area contributed by atoms with Gasteiger partial charge in [0.2, 0.25) is 0 Å². The number of rotatable bonds is 2. The molecule has 0 heterocycles. The fourth-order valence-electron chi connectivity index (χ4n) is 0.881. The van der Waals surface area contributed by atoms with Crippen molar-refractivity contribution in [2.75, 3.05) is 0 Å². The Labute approximate surface area is 77.3 Å². The highest BCUT2D eigenvalue weighted by atomic mass is 35.5. The summed E-state index contributed by atoms with van der Waals surface area (Å²) in [6.07, 6.45) is 5.02. The normalized spacial score (nSPS) is 10.8. The van der Waals surface area contributed by atoms with Crippen molar-refractivity contribution in [1.82, 2.24) is 0 Å². The van der Waals surface area contributed by atoms with E-state index < -0.39 is 0 Å². The zero-order chi connectivity index (χ0) is 8.97. The lowest BCUT2D eigenvalue weighted by molar-refractivity contribution is 0.475. The molecule has 0 bridgehead atoms. The lowest BCUT2D eigenvalue weighted by Crippen LogP contribution is -1.72. The molecule has 0 radical (unpaired) electrons. The van der Waals surface area contributed by atoms with Crippen molar-refractivity contribution < 1.29 is 5.11 Å². The fourth-order valence-corrected chi connectivity index (χ4v) is 1.07. The van der Waals surface area contributed by atoms with E-state index in [1.165, 1.54) is 0 Å². The minimum Gasteiger partial charge on any atom is -0.506 e. The minimum absolute atomic E-state index is 0.130. The Morgan fingerprint density at radius 2 is 2.25 bits per heavy atom. The van der Waals surface area contributed by atoms with Crippen LogP contribution in [-0.4, -0.2) is 5.11 Å². The average Bonchev–Trinajstić information content (AvgIpc) is 2.07. The van der Waals surface area contributed by atoms with Crippen LogP contribution in [0.2, 0.25) is 5.02 Å². The highest BCUT2D eigenvalue weighted by Gasteiger charge is 1.96. The summed E-state index contributed by atoms with van der Waals surface area (Å²) in [6, 6.07) is 5.16. The van der Waals surface area contributed by atoms with E-state index >= 15 is 0 Å². The summed E-state index contributed by atoms with van der Waals surface area (Å²) in [4.78, 5) is 0. The third kappa shape index (κ3) is 2.28. The molecule has 0 spiro atoms. The highest BCUT2D eigenvalue weighted by molar-refractivity contribution is 6.32. The van der Waals surface area contributed by atoms with Gasteiger partial charge in [-0.25, -0.2) is 0 Å². The minimum atomic E-state index is 0.130. The number of aromatic hydroxyl groups is 1. The maximum absolute atomic E-state index is 9.11. The Morgan fingerprint density at radius 3 is 2.83 bits per heavy atom. The van der Waals surface area contributed by atoms with E-state index in [1.807, 2.05) is 18.2 Å². The lowest BCUT2D eigenvalue weighted by atomic mass is 10.2. The highest BCUT2D eigenvalue weighted by Crippen LogP contribution is 2.24. The first kappa shape index (κ1) is 9.14. The van der Waals surface area contributed by atoms with Crippen LogP contribution in [0.15, 0.2) is 24.3 Å². The number of hydrogen-bond acceptors (Lipinski definition) is 1. The molecule has 1 rings (SSSR count). The van der Waals surface area contributed by atoms with Crippen molar-refractivity contribution in [3.8, 4) is 5.75 Å². The molecule has 2 heteroatoms. The molecular weight excluding hydrogens is 172 g/mol. The lowest BCUT2D eigenvalue weighted by Gasteiger charge is -1.97. The van der Waals surface area contributed by atoms with Crippen LogP contribution in [0.3, 0.4) is 0 Å². The molecular formula is C10H11ClO. The van der Waals surface area contributed by atoms with Crippen LogP contribution < -0.4 is 0 Å². The molecule has 1 nitrogen and oxygen atoms in total. The third-order valence-electron chi connectivity index (χ3n) is 1.52. The van der Waals surface area contributed by atoms with E-state index in [9.17, 15) is 0 Å². The molecule has 1 aromatic rings. The zero-order valence-electron chi connectivity index (χ0n) is 6.92. The molecule has 0 fully saturated rings. The van der Waals surface area contributed by atoms with Crippen LogP contribution in [0.25, 0.3) is 6.08 Å². The van der Waals surface area contributed by atoms with Gasteiger partial charge in [0.1, 0.15) is 5.75 Å².